The molecule has 110 valence electrons. The first-order valence-corrected chi connectivity index (χ1v) is 9.28. The second-order valence-corrected chi connectivity index (χ2v) is 7.47. The number of halogens is 1. The molecule has 0 saturated carbocycles. The predicted molar refractivity (Wildman–Crippen MR) is 102 cm³/mol. The number of carbonyl (C=O) groups is 1. The Morgan fingerprint density at radius 1 is 1.18 bits per heavy atom. The summed E-state index contributed by atoms with van der Waals surface area (Å²) >= 11 is 5.29. The van der Waals surface area contributed by atoms with E-state index in [0.717, 1.165) is 16.1 Å². The molecular weight excluding hydrogens is 427 g/mol. The van der Waals surface area contributed by atoms with Crippen molar-refractivity contribution >= 4 is 62.4 Å². The van der Waals surface area contributed by atoms with Crippen molar-refractivity contribution in [3.05, 3.63) is 61.7 Å². The quantitative estimate of drug-likeness (QED) is 0.454. The standard InChI is InChI=1S/C16H11IN2OS2/c17-12-5-3-11(4-6-12)14-10-22-16(18-14)19-15(20)8-7-13-2-1-9-21-13/h1-10H,(H,18,19,20). The Kier molecular flexibility index (Phi) is 5.01. The Bertz CT molecular complexity index is 792. The van der Waals surface area contributed by atoms with Crippen LogP contribution in [-0.4, -0.2) is 10.9 Å². The summed E-state index contributed by atoms with van der Waals surface area (Å²) in [4.78, 5) is 17.4. The molecule has 0 bridgehead atoms. The highest BCUT2D eigenvalue weighted by Crippen LogP contribution is 2.25. The Hall–Kier alpha value is -1.51. The van der Waals surface area contributed by atoms with E-state index in [9.17, 15) is 4.79 Å². The average molecular weight is 438 g/mol. The summed E-state index contributed by atoms with van der Waals surface area (Å²) in [6.07, 6.45) is 3.32. The van der Waals surface area contributed by atoms with E-state index in [-0.39, 0.29) is 5.91 Å². The minimum Gasteiger partial charge on any atom is -0.298 e. The van der Waals surface area contributed by atoms with Crippen LogP contribution in [0.4, 0.5) is 5.13 Å². The number of hydrogen-bond acceptors (Lipinski definition) is 4. The molecule has 2 aromatic heterocycles. The van der Waals surface area contributed by atoms with Crippen molar-refractivity contribution in [3.8, 4) is 11.3 Å². The van der Waals surface area contributed by atoms with E-state index in [1.807, 2.05) is 47.2 Å². The Labute approximate surface area is 149 Å². The molecule has 22 heavy (non-hydrogen) atoms. The van der Waals surface area contributed by atoms with Crippen LogP contribution in [0.15, 0.2) is 53.2 Å². The lowest BCUT2D eigenvalue weighted by Crippen LogP contribution is -2.07. The van der Waals surface area contributed by atoms with E-state index in [4.69, 9.17) is 0 Å². The van der Waals surface area contributed by atoms with Crippen molar-refractivity contribution in [3.63, 3.8) is 0 Å². The van der Waals surface area contributed by atoms with Crippen LogP contribution in [0.2, 0.25) is 0 Å². The van der Waals surface area contributed by atoms with Gasteiger partial charge in [0.25, 0.3) is 0 Å². The van der Waals surface area contributed by atoms with Gasteiger partial charge in [-0.1, -0.05) is 18.2 Å². The largest absolute Gasteiger partial charge is 0.298 e. The van der Waals surface area contributed by atoms with Crippen LogP contribution < -0.4 is 5.32 Å². The fourth-order valence-corrected chi connectivity index (χ4v) is 3.48. The number of hydrogen-bond donors (Lipinski definition) is 1. The van der Waals surface area contributed by atoms with Gasteiger partial charge in [0, 0.05) is 25.5 Å². The lowest BCUT2D eigenvalue weighted by atomic mass is 10.2. The van der Waals surface area contributed by atoms with Gasteiger partial charge in [-0.15, -0.1) is 22.7 Å². The van der Waals surface area contributed by atoms with Gasteiger partial charge in [-0.3, -0.25) is 10.1 Å². The van der Waals surface area contributed by atoms with Gasteiger partial charge in [0.1, 0.15) is 0 Å². The topological polar surface area (TPSA) is 42.0 Å². The normalized spacial score (nSPS) is 11.0. The molecule has 3 nitrogen and oxygen atoms in total. The van der Waals surface area contributed by atoms with Crippen LogP contribution in [0.1, 0.15) is 4.88 Å². The first kappa shape index (κ1) is 15.4. The number of rotatable bonds is 4. The number of benzene rings is 1. The average Bonchev–Trinajstić information content (AvgIpc) is 3.17. The summed E-state index contributed by atoms with van der Waals surface area (Å²) in [7, 11) is 0. The maximum atomic E-state index is 11.9. The smallest absolute Gasteiger partial charge is 0.250 e. The van der Waals surface area contributed by atoms with Crippen molar-refractivity contribution in [2.75, 3.05) is 5.32 Å². The van der Waals surface area contributed by atoms with Gasteiger partial charge in [0.05, 0.1) is 5.69 Å². The zero-order valence-corrected chi connectivity index (χ0v) is 15.1. The van der Waals surface area contributed by atoms with Gasteiger partial charge in [-0.05, 0) is 52.2 Å². The van der Waals surface area contributed by atoms with Gasteiger partial charge in [0.2, 0.25) is 5.91 Å². The molecule has 0 aliphatic rings. The van der Waals surface area contributed by atoms with E-state index >= 15 is 0 Å². The van der Waals surface area contributed by atoms with Gasteiger partial charge in [-0.25, -0.2) is 4.98 Å². The van der Waals surface area contributed by atoms with Crippen LogP contribution in [-0.2, 0) is 4.79 Å². The molecule has 1 amide bonds. The van der Waals surface area contributed by atoms with Crippen LogP contribution in [0.3, 0.4) is 0 Å². The molecule has 1 aromatic carbocycles. The summed E-state index contributed by atoms with van der Waals surface area (Å²) in [6.45, 7) is 0. The molecule has 6 heteroatoms. The van der Waals surface area contributed by atoms with Gasteiger partial charge < -0.3 is 0 Å². The number of aromatic nitrogens is 1. The fraction of sp³-hybridized carbons (Fsp3) is 0. The Morgan fingerprint density at radius 2 is 2.00 bits per heavy atom. The Morgan fingerprint density at radius 3 is 2.73 bits per heavy atom. The van der Waals surface area contributed by atoms with Crippen molar-refractivity contribution in [2.45, 2.75) is 0 Å². The molecule has 0 spiro atoms. The SMILES string of the molecule is O=C(C=Cc1cccs1)Nc1nc(-c2ccc(I)cc2)cs1. The molecule has 0 aliphatic heterocycles. The summed E-state index contributed by atoms with van der Waals surface area (Å²) < 4.78 is 1.18. The number of amides is 1. The van der Waals surface area contributed by atoms with Crippen molar-refractivity contribution in [2.24, 2.45) is 0 Å². The molecule has 0 radical (unpaired) electrons. The van der Waals surface area contributed by atoms with E-state index in [2.05, 4.69) is 32.9 Å². The van der Waals surface area contributed by atoms with Crippen LogP contribution in [0.25, 0.3) is 17.3 Å². The van der Waals surface area contributed by atoms with Crippen LogP contribution >= 0.6 is 45.3 Å². The number of thiophene rings is 1. The van der Waals surface area contributed by atoms with Crippen molar-refractivity contribution in [1.29, 1.82) is 0 Å². The highest BCUT2D eigenvalue weighted by Gasteiger charge is 2.06. The number of carbonyl (C=O) groups excluding carboxylic acids is 1. The first-order chi connectivity index (χ1) is 10.7. The van der Waals surface area contributed by atoms with E-state index in [0.29, 0.717) is 5.13 Å². The summed E-state index contributed by atoms with van der Waals surface area (Å²) in [5, 5.41) is 7.32. The molecular formula is C16H11IN2OS2. The van der Waals surface area contributed by atoms with Crippen molar-refractivity contribution < 1.29 is 4.79 Å². The highest BCUT2D eigenvalue weighted by atomic mass is 127. The lowest BCUT2D eigenvalue weighted by molar-refractivity contribution is -0.111. The minimum atomic E-state index is -0.170. The zero-order chi connectivity index (χ0) is 15.4. The third-order valence-electron chi connectivity index (χ3n) is 2.82. The number of anilines is 1. The van der Waals surface area contributed by atoms with Gasteiger partial charge in [-0.2, -0.15) is 0 Å². The molecule has 0 atom stereocenters. The lowest BCUT2D eigenvalue weighted by Gasteiger charge is -1.97. The first-order valence-electron chi connectivity index (χ1n) is 6.45. The molecule has 2 heterocycles. The van der Waals surface area contributed by atoms with E-state index < -0.39 is 0 Å². The maximum absolute atomic E-state index is 11.9. The predicted octanol–water partition coefficient (Wildman–Crippen LogP) is 5.13. The van der Waals surface area contributed by atoms with Gasteiger partial charge in [0.15, 0.2) is 5.13 Å². The van der Waals surface area contributed by atoms with Gasteiger partial charge >= 0.3 is 0 Å². The zero-order valence-electron chi connectivity index (χ0n) is 11.3. The molecule has 3 aromatic rings. The fourth-order valence-electron chi connectivity index (χ4n) is 1.78. The minimum absolute atomic E-state index is 0.170. The third kappa shape index (κ3) is 4.02. The van der Waals surface area contributed by atoms with Crippen molar-refractivity contribution in [1.82, 2.24) is 4.98 Å². The summed E-state index contributed by atoms with van der Waals surface area (Å²) in [5.41, 5.74) is 1.92. The number of nitrogens with one attached hydrogen (secondary N) is 1. The second-order valence-electron chi connectivity index (χ2n) is 4.38. The molecule has 0 unspecified atom stereocenters. The molecule has 3 rings (SSSR count). The summed E-state index contributed by atoms with van der Waals surface area (Å²) in [6, 6.07) is 12.1. The second kappa shape index (κ2) is 7.17. The number of thiazole rings is 1. The van der Waals surface area contributed by atoms with E-state index in [1.165, 1.54) is 21.0 Å². The maximum Gasteiger partial charge on any atom is 0.250 e. The monoisotopic (exact) mass is 438 g/mol. The molecule has 1 N–H and O–H groups in total. The third-order valence-corrected chi connectivity index (χ3v) is 5.13. The molecule has 0 aliphatic carbocycles. The van der Waals surface area contributed by atoms with E-state index in [1.54, 1.807) is 17.4 Å². The highest BCUT2D eigenvalue weighted by molar-refractivity contribution is 14.1. The van der Waals surface area contributed by atoms with Crippen LogP contribution in [0.5, 0.6) is 0 Å². The summed E-state index contributed by atoms with van der Waals surface area (Å²) in [5.74, 6) is -0.170. The molecule has 0 fully saturated rings. The van der Waals surface area contributed by atoms with Crippen LogP contribution in [0, 0.1) is 3.57 Å². The molecule has 0 saturated heterocycles. The number of nitrogens with zero attached hydrogens (tertiary/aromatic N) is 1. The Balaban J connectivity index is 1.66.